The van der Waals surface area contributed by atoms with Crippen molar-refractivity contribution in [3.8, 4) is 0 Å². The fourth-order valence-corrected chi connectivity index (χ4v) is 2.27. The van der Waals surface area contributed by atoms with Crippen molar-refractivity contribution in [1.29, 1.82) is 0 Å². The fourth-order valence-electron chi connectivity index (χ4n) is 1.60. The number of carbonyl (C=O) groups is 1. The molecule has 0 aliphatic heterocycles. The number of primary sulfonamides is 1. The van der Waals surface area contributed by atoms with Crippen LogP contribution in [0.1, 0.15) is 32.6 Å². The zero-order valence-corrected chi connectivity index (χ0v) is 11.5. The second-order valence-electron chi connectivity index (χ2n) is 4.19. The maximum Gasteiger partial charge on any atom is 0.240 e. The first-order valence-corrected chi connectivity index (χ1v) is 7.51. The quantitative estimate of drug-likeness (QED) is 0.784. The van der Waals surface area contributed by atoms with E-state index in [0.717, 1.165) is 31.0 Å². The maximum atomic E-state index is 13.1. The second-order valence-corrected chi connectivity index (χ2v) is 5.72. The average Bonchev–Trinajstić information content (AvgIpc) is 2.27. The lowest BCUT2D eigenvalue weighted by Crippen LogP contribution is -2.18. The zero-order valence-electron chi connectivity index (χ0n) is 10.6. The van der Waals surface area contributed by atoms with Gasteiger partial charge in [0.1, 0.15) is 10.7 Å². The SMILES string of the molecule is CCCCCC(=O)Nc1cc(F)ccc1S(N)(=O)=O. The van der Waals surface area contributed by atoms with Crippen LogP contribution in [0, 0.1) is 5.82 Å². The molecular formula is C12H17FN2O3S. The number of carbonyl (C=O) groups excluding carboxylic acids is 1. The molecule has 106 valence electrons. The highest BCUT2D eigenvalue weighted by Crippen LogP contribution is 2.21. The summed E-state index contributed by atoms with van der Waals surface area (Å²) in [6, 6.07) is 2.95. The van der Waals surface area contributed by atoms with Crippen LogP contribution < -0.4 is 10.5 Å². The Labute approximate surface area is 112 Å². The van der Waals surface area contributed by atoms with Gasteiger partial charge in [-0.3, -0.25) is 4.79 Å². The third-order valence-corrected chi connectivity index (χ3v) is 3.50. The number of nitrogens with two attached hydrogens (primary N) is 1. The lowest BCUT2D eigenvalue weighted by molar-refractivity contribution is -0.116. The van der Waals surface area contributed by atoms with Crippen molar-refractivity contribution >= 4 is 21.6 Å². The molecular weight excluding hydrogens is 271 g/mol. The van der Waals surface area contributed by atoms with E-state index in [-0.39, 0.29) is 22.9 Å². The topological polar surface area (TPSA) is 89.3 Å². The van der Waals surface area contributed by atoms with Gasteiger partial charge in [0.15, 0.2) is 0 Å². The van der Waals surface area contributed by atoms with Crippen LogP contribution in [0.5, 0.6) is 0 Å². The lowest BCUT2D eigenvalue weighted by atomic mass is 10.2. The van der Waals surface area contributed by atoms with Crippen LogP contribution in [0.25, 0.3) is 0 Å². The van der Waals surface area contributed by atoms with Gasteiger partial charge in [-0.25, -0.2) is 17.9 Å². The Morgan fingerprint density at radius 2 is 2.05 bits per heavy atom. The van der Waals surface area contributed by atoms with E-state index in [9.17, 15) is 17.6 Å². The third-order valence-electron chi connectivity index (χ3n) is 2.53. The Hall–Kier alpha value is -1.47. The van der Waals surface area contributed by atoms with Crippen molar-refractivity contribution in [2.75, 3.05) is 5.32 Å². The molecule has 0 bridgehead atoms. The first kappa shape index (κ1) is 15.6. The van der Waals surface area contributed by atoms with Crippen molar-refractivity contribution in [3.05, 3.63) is 24.0 Å². The summed E-state index contributed by atoms with van der Waals surface area (Å²) < 4.78 is 35.7. The largest absolute Gasteiger partial charge is 0.325 e. The van der Waals surface area contributed by atoms with Gasteiger partial charge in [0.2, 0.25) is 15.9 Å². The molecule has 0 saturated heterocycles. The van der Waals surface area contributed by atoms with E-state index in [1.807, 2.05) is 6.92 Å². The van der Waals surface area contributed by atoms with Crippen molar-refractivity contribution < 1.29 is 17.6 Å². The van der Waals surface area contributed by atoms with Crippen LogP contribution in [-0.2, 0) is 14.8 Å². The van der Waals surface area contributed by atoms with Gasteiger partial charge in [-0.05, 0) is 24.6 Å². The smallest absolute Gasteiger partial charge is 0.240 e. The molecule has 0 atom stereocenters. The van der Waals surface area contributed by atoms with Crippen LogP contribution >= 0.6 is 0 Å². The predicted octanol–water partition coefficient (Wildman–Crippen LogP) is 1.99. The molecule has 0 aliphatic carbocycles. The lowest BCUT2D eigenvalue weighted by Gasteiger charge is -2.09. The predicted molar refractivity (Wildman–Crippen MR) is 70.5 cm³/mol. The molecule has 0 spiro atoms. The summed E-state index contributed by atoms with van der Waals surface area (Å²) in [5, 5.41) is 7.38. The summed E-state index contributed by atoms with van der Waals surface area (Å²) in [6.07, 6.45) is 2.82. The third kappa shape index (κ3) is 4.96. The number of unbranched alkanes of at least 4 members (excludes halogenated alkanes) is 2. The molecule has 5 nitrogen and oxygen atoms in total. The van der Waals surface area contributed by atoms with Crippen molar-refractivity contribution in [2.24, 2.45) is 5.14 Å². The molecule has 0 aliphatic rings. The number of hydrogen-bond acceptors (Lipinski definition) is 3. The van der Waals surface area contributed by atoms with Gasteiger partial charge in [-0.1, -0.05) is 19.8 Å². The van der Waals surface area contributed by atoms with Crippen LogP contribution in [0.15, 0.2) is 23.1 Å². The number of nitrogens with one attached hydrogen (secondary N) is 1. The van der Waals surface area contributed by atoms with E-state index in [1.54, 1.807) is 0 Å². The van der Waals surface area contributed by atoms with Crippen molar-refractivity contribution in [2.45, 2.75) is 37.5 Å². The highest BCUT2D eigenvalue weighted by molar-refractivity contribution is 7.89. The molecule has 0 heterocycles. The molecule has 19 heavy (non-hydrogen) atoms. The van der Waals surface area contributed by atoms with E-state index >= 15 is 0 Å². The molecule has 0 saturated carbocycles. The second kappa shape index (κ2) is 6.63. The summed E-state index contributed by atoms with van der Waals surface area (Å²) in [5.74, 6) is -1.000. The molecule has 1 aromatic rings. The summed E-state index contributed by atoms with van der Waals surface area (Å²) >= 11 is 0. The summed E-state index contributed by atoms with van der Waals surface area (Å²) in [7, 11) is -4.00. The van der Waals surface area contributed by atoms with Crippen LogP contribution in [-0.4, -0.2) is 14.3 Å². The molecule has 1 aromatic carbocycles. The first-order valence-electron chi connectivity index (χ1n) is 5.96. The number of hydrogen-bond donors (Lipinski definition) is 2. The molecule has 0 unspecified atom stereocenters. The Bertz CT molecular complexity index is 558. The van der Waals surface area contributed by atoms with E-state index in [4.69, 9.17) is 5.14 Å². The minimum atomic E-state index is -4.00. The van der Waals surface area contributed by atoms with Gasteiger partial charge < -0.3 is 5.32 Å². The number of benzene rings is 1. The van der Waals surface area contributed by atoms with E-state index < -0.39 is 15.8 Å². The Balaban J connectivity index is 2.88. The molecule has 0 aromatic heterocycles. The normalized spacial score (nSPS) is 11.3. The zero-order chi connectivity index (χ0) is 14.5. The highest BCUT2D eigenvalue weighted by Gasteiger charge is 2.16. The first-order chi connectivity index (χ1) is 8.84. The highest BCUT2D eigenvalue weighted by atomic mass is 32.2. The Morgan fingerprint density at radius 1 is 1.37 bits per heavy atom. The van der Waals surface area contributed by atoms with Gasteiger partial charge in [0.05, 0.1) is 5.69 Å². The van der Waals surface area contributed by atoms with Crippen LogP contribution in [0.2, 0.25) is 0 Å². The van der Waals surface area contributed by atoms with E-state index in [0.29, 0.717) is 6.42 Å². The van der Waals surface area contributed by atoms with E-state index in [2.05, 4.69) is 5.32 Å². The molecule has 3 N–H and O–H groups in total. The Morgan fingerprint density at radius 3 is 2.63 bits per heavy atom. The molecule has 1 amide bonds. The fraction of sp³-hybridized carbons (Fsp3) is 0.417. The molecule has 1 rings (SSSR count). The minimum absolute atomic E-state index is 0.121. The number of anilines is 1. The van der Waals surface area contributed by atoms with Crippen molar-refractivity contribution in [3.63, 3.8) is 0 Å². The standard InChI is InChI=1S/C12H17FN2O3S/c1-2-3-4-5-12(16)15-10-8-9(13)6-7-11(10)19(14,17)18/h6-8H,2-5H2,1H3,(H,15,16)(H2,14,17,18). The van der Waals surface area contributed by atoms with Gasteiger partial charge in [-0.15, -0.1) is 0 Å². The number of rotatable bonds is 6. The number of amides is 1. The van der Waals surface area contributed by atoms with Crippen LogP contribution in [0.4, 0.5) is 10.1 Å². The monoisotopic (exact) mass is 288 g/mol. The summed E-state index contributed by atoms with van der Waals surface area (Å²) in [4.78, 5) is 11.3. The minimum Gasteiger partial charge on any atom is -0.325 e. The van der Waals surface area contributed by atoms with Crippen LogP contribution in [0.3, 0.4) is 0 Å². The Kier molecular flexibility index (Phi) is 5.44. The van der Waals surface area contributed by atoms with Gasteiger partial charge in [0, 0.05) is 6.42 Å². The molecule has 0 fully saturated rings. The van der Waals surface area contributed by atoms with Gasteiger partial charge >= 0.3 is 0 Å². The number of sulfonamides is 1. The average molecular weight is 288 g/mol. The van der Waals surface area contributed by atoms with Crippen molar-refractivity contribution in [1.82, 2.24) is 0 Å². The summed E-state index contributed by atoms with van der Waals surface area (Å²) in [6.45, 7) is 2.00. The van der Waals surface area contributed by atoms with Gasteiger partial charge in [0.25, 0.3) is 0 Å². The number of halogens is 1. The molecule has 7 heteroatoms. The van der Waals surface area contributed by atoms with E-state index in [1.165, 1.54) is 0 Å². The summed E-state index contributed by atoms with van der Waals surface area (Å²) in [5.41, 5.74) is -0.121. The maximum absolute atomic E-state index is 13.1. The molecule has 0 radical (unpaired) electrons. The van der Waals surface area contributed by atoms with Gasteiger partial charge in [-0.2, -0.15) is 0 Å².